The number of pyridine rings is 1. The second-order valence-electron chi connectivity index (χ2n) is 6.27. The van der Waals surface area contributed by atoms with Gasteiger partial charge in [0, 0.05) is 23.0 Å². The van der Waals surface area contributed by atoms with Crippen LogP contribution in [0, 0.1) is 0 Å². The number of amides is 1. The minimum Gasteiger partial charge on any atom is -0.322 e. The summed E-state index contributed by atoms with van der Waals surface area (Å²) in [6.07, 6.45) is 1.50. The summed E-state index contributed by atoms with van der Waals surface area (Å²) in [6.45, 7) is 0.260. The molecule has 140 valence electrons. The molecule has 0 radical (unpaired) electrons. The summed E-state index contributed by atoms with van der Waals surface area (Å²) < 4.78 is 1.43. The van der Waals surface area contributed by atoms with E-state index in [0.29, 0.717) is 27.3 Å². The smallest absolute Gasteiger partial charge is 0.322 e. The van der Waals surface area contributed by atoms with Crippen molar-refractivity contribution in [3.05, 3.63) is 97.8 Å². The van der Waals surface area contributed by atoms with Crippen LogP contribution in [0.5, 0.6) is 0 Å². The monoisotopic (exact) mass is 394 g/mol. The van der Waals surface area contributed by atoms with Crippen molar-refractivity contribution in [1.29, 1.82) is 0 Å². The molecule has 1 amide bonds. The number of H-pyrrole nitrogens is 2. The summed E-state index contributed by atoms with van der Waals surface area (Å²) in [4.78, 5) is 41.4. The molecule has 8 heteroatoms. The Bertz CT molecular complexity index is 1300. The van der Waals surface area contributed by atoms with Gasteiger partial charge in [0.15, 0.2) is 0 Å². The molecule has 2 heterocycles. The topological polar surface area (TPSA) is 99.8 Å². The molecule has 0 fully saturated rings. The van der Waals surface area contributed by atoms with E-state index >= 15 is 0 Å². The van der Waals surface area contributed by atoms with Crippen molar-refractivity contribution in [3.8, 4) is 0 Å². The number of carbonyl (C=O) groups excluding carboxylic acids is 1. The Morgan fingerprint density at radius 3 is 2.61 bits per heavy atom. The van der Waals surface area contributed by atoms with Crippen LogP contribution in [0.4, 0.5) is 5.69 Å². The summed E-state index contributed by atoms with van der Waals surface area (Å²) in [5.41, 5.74) is 2.33. The minimum absolute atomic E-state index is 0.234. The number of hydrogen-bond acceptors (Lipinski definition) is 3. The lowest BCUT2D eigenvalue weighted by molar-refractivity contribution is 0.102. The number of carbonyl (C=O) groups is 1. The number of imidazole rings is 1. The average molecular weight is 395 g/mol. The number of aromatic amines is 2. The van der Waals surface area contributed by atoms with Gasteiger partial charge in [0.05, 0.1) is 23.1 Å². The number of anilines is 1. The first kappa shape index (κ1) is 17.8. The molecule has 0 atom stereocenters. The molecule has 0 aliphatic carbocycles. The number of hydrogen-bond donors (Lipinski definition) is 3. The van der Waals surface area contributed by atoms with Gasteiger partial charge < -0.3 is 19.9 Å². The lowest BCUT2D eigenvalue weighted by Gasteiger charge is -2.10. The van der Waals surface area contributed by atoms with Crippen LogP contribution in [0.1, 0.15) is 15.9 Å². The van der Waals surface area contributed by atoms with Gasteiger partial charge in [-0.05, 0) is 35.9 Å². The summed E-state index contributed by atoms with van der Waals surface area (Å²) in [6, 6.07) is 15.1. The lowest BCUT2D eigenvalue weighted by atomic mass is 10.2. The van der Waals surface area contributed by atoms with Crippen LogP contribution in [-0.2, 0) is 6.54 Å². The Balaban J connectivity index is 1.59. The molecule has 28 heavy (non-hydrogen) atoms. The van der Waals surface area contributed by atoms with Crippen molar-refractivity contribution < 1.29 is 4.79 Å². The first-order valence-corrected chi connectivity index (χ1v) is 8.85. The molecular formula is C20H15ClN4O3. The largest absolute Gasteiger partial charge is 0.323 e. The van der Waals surface area contributed by atoms with Crippen molar-refractivity contribution in [3.63, 3.8) is 0 Å². The number of halogens is 1. The number of rotatable bonds is 4. The molecule has 0 aliphatic rings. The highest BCUT2D eigenvalue weighted by atomic mass is 35.5. The number of aromatic nitrogens is 3. The Morgan fingerprint density at radius 1 is 1.00 bits per heavy atom. The van der Waals surface area contributed by atoms with Gasteiger partial charge in [-0.25, -0.2) is 4.79 Å². The van der Waals surface area contributed by atoms with E-state index in [1.165, 1.54) is 22.9 Å². The van der Waals surface area contributed by atoms with Crippen LogP contribution in [0.2, 0.25) is 5.02 Å². The van der Waals surface area contributed by atoms with Crippen LogP contribution in [0.25, 0.3) is 11.0 Å². The van der Waals surface area contributed by atoms with Gasteiger partial charge in [0.25, 0.3) is 11.5 Å². The van der Waals surface area contributed by atoms with E-state index in [1.54, 1.807) is 24.3 Å². The molecule has 2 aromatic heterocycles. The molecule has 0 unspecified atom stereocenters. The average Bonchev–Trinajstić information content (AvgIpc) is 3.04. The fraction of sp³-hybridized carbons (Fsp3) is 0.0500. The summed E-state index contributed by atoms with van der Waals surface area (Å²) >= 11 is 6.16. The van der Waals surface area contributed by atoms with Gasteiger partial charge in [0.1, 0.15) is 0 Å². The molecule has 0 aliphatic heterocycles. The highest BCUT2D eigenvalue weighted by Crippen LogP contribution is 2.17. The van der Waals surface area contributed by atoms with Crippen molar-refractivity contribution in [1.82, 2.24) is 14.5 Å². The van der Waals surface area contributed by atoms with Crippen LogP contribution in [-0.4, -0.2) is 20.4 Å². The van der Waals surface area contributed by atoms with Crippen LogP contribution >= 0.6 is 11.6 Å². The maximum absolute atomic E-state index is 12.6. The number of benzene rings is 2. The van der Waals surface area contributed by atoms with Gasteiger partial charge in [-0.1, -0.05) is 29.8 Å². The van der Waals surface area contributed by atoms with Crippen molar-refractivity contribution in [2.75, 3.05) is 5.32 Å². The highest BCUT2D eigenvalue weighted by Gasteiger charge is 2.10. The summed E-state index contributed by atoms with van der Waals surface area (Å²) in [5, 5.41) is 3.32. The normalized spacial score (nSPS) is 10.9. The van der Waals surface area contributed by atoms with Gasteiger partial charge in [-0.15, -0.1) is 0 Å². The van der Waals surface area contributed by atoms with Crippen molar-refractivity contribution in [2.45, 2.75) is 6.54 Å². The van der Waals surface area contributed by atoms with Crippen molar-refractivity contribution >= 4 is 34.2 Å². The number of nitrogens with one attached hydrogen (secondary N) is 3. The standard InChI is InChI=1S/C20H15ClN4O3/c21-15-4-2-1-3-12(15)10-25-11-13(5-8-18(25)26)19(27)22-14-6-7-16-17(9-14)24-20(28)23-16/h1-9,11H,10H2,(H,22,27)(H2,23,24,28). The van der Waals surface area contributed by atoms with E-state index < -0.39 is 0 Å². The zero-order valence-electron chi connectivity index (χ0n) is 14.5. The van der Waals surface area contributed by atoms with Crippen LogP contribution in [0.3, 0.4) is 0 Å². The zero-order chi connectivity index (χ0) is 19.7. The molecular weight excluding hydrogens is 380 g/mol. The molecule has 0 saturated heterocycles. The molecule has 0 spiro atoms. The predicted octanol–water partition coefficient (Wildman–Crippen LogP) is 2.97. The molecule has 0 saturated carbocycles. The first-order chi connectivity index (χ1) is 13.5. The molecule has 3 N–H and O–H groups in total. The second-order valence-corrected chi connectivity index (χ2v) is 6.68. The third kappa shape index (κ3) is 3.60. The highest BCUT2D eigenvalue weighted by molar-refractivity contribution is 6.31. The van der Waals surface area contributed by atoms with Gasteiger partial charge in [0.2, 0.25) is 0 Å². The summed E-state index contributed by atoms with van der Waals surface area (Å²) in [7, 11) is 0. The van der Waals surface area contributed by atoms with E-state index in [9.17, 15) is 14.4 Å². The van der Waals surface area contributed by atoms with Gasteiger partial charge >= 0.3 is 5.69 Å². The summed E-state index contributed by atoms with van der Waals surface area (Å²) in [5.74, 6) is -0.370. The third-order valence-corrected chi connectivity index (χ3v) is 4.69. The van der Waals surface area contributed by atoms with E-state index in [-0.39, 0.29) is 23.7 Å². The van der Waals surface area contributed by atoms with Crippen LogP contribution in [0.15, 0.2) is 70.4 Å². The fourth-order valence-electron chi connectivity index (χ4n) is 2.91. The third-order valence-electron chi connectivity index (χ3n) is 4.32. The van der Waals surface area contributed by atoms with Gasteiger partial charge in [-0.3, -0.25) is 9.59 Å². The van der Waals surface area contributed by atoms with E-state index in [1.807, 2.05) is 18.2 Å². The second kappa shape index (κ2) is 7.21. The first-order valence-electron chi connectivity index (χ1n) is 8.47. The number of fused-ring (bicyclic) bond motifs is 1. The SMILES string of the molecule is O=C(Nc1ccc2[nH]c(=O)[nH]c2c1)c1ccc(=O)n(Cc2ccccc2Cl)c1. The Labute approximate surface area is 163 Å². The molecule has 4 aromatic rings. The van der Waals surface area contributed by atoms with E-state index in [2.05, 4.69) is 15.3 Å². The van der Waals surface area contributed by atoms with Crippen molar-refractivity contribution in [2.24, 2.45) is 0 Å². The minimum atomic E-state index is -0.370. The van der Waals surface area contributed by atoms with Gasteiger partial charge in [-0.2, -0.15) is 0 Å². The molecule has 4 rings (SSSR count). The predicted molar refractivity (Wildman–Crippen MR) is 108 cm³/mol. The molecule has 7 nitrogen and oxygen atoms in total. The molecule has 0 bridgehead atoms. The Morgan fingerprint density at radius 2 is 1.79 bits per heavy atom. The van der Waals surface area contributed by atoms with Crippen LogP contribution < -0.4 is 16.6 Å². The van der Waals surface area contributed by atoms with E-state index in [4.69, 9.17) is 11.6 Å². The lowest BCUT2D eigenvalue weighted by Crippen LogP contribution is -2.22. The Hall–Kier alpha value is -3.58. The zero-order valence-corrected chi connectivity index (χ0v) is 15.3. The van der Waals surface area contributed by atoms with E-state index in [0.717, 1.165) is 5.56 Å². The fourth-order valence-corrected chi connectivity index (χ4v) is 3.11. The maximum Gasteiger partial charge on any atom is 0.323 e. The Kier molecular flexibility index (Phi) is 4.58. The number of nitrogens with zero attached hydrogens (tertiary/aromatic N) is 1. The molecule has 2 aromatic carbocycles. The quantitative estimate of drug-likeness (QED) is 0.496. The maximum atomic E-state index is 12.6.